The van der Waals surface area contributed by atoms with Crippen molar-refractivity contribution >= 4 is 7.60 Å². The summed E-state index contributed by atoms with van der Waals surface area (Å²) in [5, 5.41) is 0. The zero-order valence-corrected chi connectivity index (χ0v) is 13.2. The third-order valence-electron chi connectivity index (χ3n) is 2.53. The van der Waals surface area contributed by atoms with Crippen molar-refractivity contribution in [1.29, 1.82) is 0 Å². The van der Waals surface area contributed by atoms with Gasteiger partial charge in [-0.3, -0.25) is 0 Å². The van der Waals surface area contributed by atoms with Gasteiger partial charge < -0.3 is 14.0 Å². The molecule has 1 rings (SSSR count). The number of hydrogen-bond donors (Lipinski definition) is 0. The van der Waals surface area contributed by atoms with E-state index in [9.17, 15) is 9.46 Å². The maximum atomic E-state index is 11.3. The van der Waals surface area contributed by atoms with Crippen LogP contribution in [0.15, 0.2) is 0 Å². The first-order chi connectivity index (χ1) is 6.14. The molecule has 0 aromatic rings. The SMILES string of the molecule is CCOP(=O)([O-])CC1CCCCC1.[K+]. The molecule has 3 nitrogen and oxygen atoms in total. The molecule has 0 bridgehead atoms. The van der Waals surface area contributed by atoms with Gasteiger partial charge in [0.2, 0.25) is 0 Å². The molecular weight excluding hydrogens is 226 g/mol. The van der Waals surface area contributed by atoms with Crippen molar-refractivity contribution in [2.24, 2.45) is 5.92 Å². The summed E-state index contributed by atoms with van der Waals surface area (Å²) in [5.41, 5.74) is 0. The van der Waals surface area contributed by atoms with Gasteiger partial charge >= 0.3 is 51.4 Å². The van der Waals surface area contributed by atoms with E-state index < -0.39 is 7.60 Å². The molecular formula is C9H18KO3P. The molecule has 1 aliphatic rings. The van der Waals surface area contributed by atoms with E-state index in [0.717, 1.165) is 12.8 Å². The Morgan fingerprint density at radius 1 is 1.36 bits per heavy atom. The van der Waals surface area contributed by atoms with Crippen LogP contribution in [0.4, 0.5) is 0 Å². The van der Waals surface area contributed by atoms with Crippen LogP contribution in [0.5, 0.6) is 0 Å². The Bertz CT molecular complexity index is 192. The van der Waals surface area contributed by atoms with Gasteiger partial charge in [0.1, 0.15) is 7.60 Å². The van der Waals surface area contributed by atoms with Crippen molar-refractivity contribution < 1.29 is 65.4 Å². The van der Waals surface area contributed by atoms with E-state index in [4.69, 9.17) is 4.52 Å². The Balaban J connectivity index is 0.00000169. The van der Waals surface area contributed by atoms with Crippen LogP contribution < -0.4 is 56.3 Å². The van der Waals surface area contributed by atoms with Gasteiger partial charge in [-0.15, -0.1) is 0 Å². The van der Waals surface area contributed by atoms with Crippen molar-refractivity contribution in [2.45, 2.75) is 39.0 Å². The van der Waals surface area contributed by atoms with Crippen LogP contribution in [-0.4, -0.2) is 12.8 Å². The zero-order valence-electron chi connectivity index (χ0n) is 9.20. The monoisotopic (exact) mass is 244 g/mol. The molecule has 1 fully saturated rings. The molecule has 0 amide bonds. The summed E-state index contributed by atoms with van der Waals surface area (Å²) in [6.45, 7) is 1.99. The van der Waals surface area contributed by atoms with E-state index in [-0.39, 0.29) is 64.2 Å². The second kappa shape index (κ2) is 7.96. The Kier molecular flexibility index (Phi) is 8.98. The van der Waals surface area contributed by atoms with E-state index in [1.807, 2.05) is 0 Å². The van der Waals surface area contributed by atoms with Gasteiger partial charge in [0.15, 0.2) is 0 Å². The average molecular weight is 244 g/mol. The molecule has 0 aliphatic heterocycles. The molecule has 1 saturated carbocycles. The Morgan fingerprint density at radius 2 is 1.93 bits per heavy atom. The fraction of sp³-hybridized carbons (Fsp3) is 1.00. The molecule has 0 heterocycles. The summed E-state index contributed by atoms with van der Waals surface area (Å²) in [5.74, 6) is 0.351. The first kappa shape index (κ1) is 15.8. The van der Waals surface area contributed by atoms with E-state index in [0.29, 0.717) is 5.92 Å². The van der Waals surface area contributed by atoms with Gasteiger partial charge in [-0.1, -0.05) is 19.3 Å². The smallest absolute Gasteiger partial charge is 0.778 e. The predicted octanol–water partition coefficient (Wildman–Crippen LogP) is -0.839. The van der Waals surface area contributed by atoms with E-state index in [1.165, 1.54) is 19.3 Å². The summed E-state index contributed by atoms with van der Waals surface area (Å²) >= 11 is 0. The van der Waals surface area contributed by atoms with Gasteiger partial charge in [-0.2, -0.15) is 0 Å². The molecule has 14 heavy (non-hydrogen) atoms. The van der Waals surface area contributed by atoms with Gasteiger partial charge in [-0.25, -0.2) is 0 Å². The normalized spacial score (nSPS) is 22.4. The number of rotatable bonds is 4. The minimum atomic E-state index is -3.51. The van der Waals surface area contributed by atoms with Crippen molar-refractivity contribution in [3.8, 4) is 0 Å². The van der Waals surface area contributed by atoms with E-state index >= 15 is 0 Å². The largest absolute Gasteiger partial charge is 1.00 e. The second-order valence-electron chi connectivity index (χ2n) is 3.72. The topological polar surface area (TPSA) is 49.4 Å². The Hall–Kier alpha value is 1.79. The summed E-state index contributed by atoms with van der Waals surface area (Å²) in [6.07, 6.45) is 5.97. The van der Waals surface area contributed by atoms with Crippen LogP contribution in [0.3, 0.4) is 0 Å². The van der Waals surface area contributed by atoms with Crippen molar-refractivity contribution in [2.75, 3.05) is 12.8 Å². The average Bonchev–Trinajstić information content (AvgIpc) is 2.04. The summed E-state index contributed by atoms with van der Waals surface area (Å²) in [7, 11) is -3.51. The summed E-state index contributed by atoms with van der Waals surface area (Å²) < 4.78 is 16.0. The molecule has 0 spiro atoms. The maximum absolute atomic E-state index is 11.3. The van der Waals surface area contributed by atoms with Crippen LogP contribution >= 0.6 is 7.60 Å². The minimum Gasteiger partial charge on any atom is -0.778 e. The van der Waals surface area contributed by atoms with Crippen LogP contribution in [0.2, 0.25) is 0 Å². The Labute approximate surface area is 129 Å². The van der Waals surface area contributed by atoms with Gasteiger partial charge in [0.25, 0.3) is 0 Å². The van der Waals surface area contributed by atoms with E-state index in [1.54, 1.807) is 6.92 Å². The van der Waals surface area contributed by atoms with Crippen LogP contribution in [0.1, 0.15) is 39.0 Å². The van der Waals surface area contributed by atoms with Gasteiger partial charge in [0, 0.05) is 6.16 Å². The molecule has 0 saturated heterocycles. The first-order valence-corrected chi connectivity index (χ1v) is 6.81. The minimum absolute atomic E-state index is 0. The molecule has 0 N–H and O–H groups in total. The fourth-order valence-corrected chi connectivity index (χ4v) is 3.43. The molecule has 78 valence electrons. The summed E-state index contributed by atoms with van der Waals surface area (Å²) in [6, 6.07) is 0. The molecule has 5 heteroatoms. The number of hydrogen-bond acceptors (Lipinski definition) is 3. The third kappa shape index (κ3) is 6.39. The van der Waals surface area contributed by atoms with Crippen molar-refractivity contribution in [3.63, 3.8) is 0 Å². The molecule has 0 radical (unpaired) electrons. The molecule has 1 aliphatic carbocycles. The van der Waals surface area contributed by atoms with Gasteiger partial charge in [-0.05, 0) is 25.7 Å². The van der Waals surface area contributed by atoms with Crippen LogP contribution in [-0.2, 0) is 9.09 Å². The molecule has 0 aromatic heterocycles. The second-order valence-corrected chi connectivity index (χ2v) is 5.56. The van der Waals surface area contributed by atoms with Crippen LogP contribution in [0.25, 0.3) is 0 Å². The van der Waals surface area contributed by atoms with Crippen molar-refractivity contribution in [1.82, 2.24) is 0 Å². The molecule has 1 unspecified atom stereocenters. The Morgan fingerprint density at radius 3 is 2.43 bits per heavy atom. The zero-order chi connectivity index (χ0) is 9.73. The van der Waals surface area contributed by atoms with Crippen LogP contribution in [0, 0.1) is 5.92 Å². The van der Waals surface area contributed by atoms with Crippen molar-refractivity contribution in [3.05, 3.63) is 0 Å². The van der Waals surface area contributed by atoms with Gasteiger partial charge in [0.05, 0.1) is 6.61 Å². The fourth-order valence-electron chi connectivity index (χ4n) is 1.94. The standard InChI is InChI=1S/C9H19O3P.K/c1-2-12-13(10,11)8-9-6-4-3-5-7-9;/h9H,2-8H2,1H3,(H,10,11);/q;+1/p-1. The molecule has 0 aromatic carbocycles. The third-order valence-corrected chi connectivity index (χ3v) is 4.15. The maximum Gasteiger partial charge on any atom is 1.00 e. The predicted molar refractivity (Wildman–Crippen MR) is 50.7 cm³/mol. The first-order valence-electron chi connectivity index (χ1n) is 5.08. The quantitative estimate of drug-likeness (QED) is 0.478. The van der Waals surface area contributed by atoms with E-state index in [2.05, 4.69) is 0 Å². The summed E-state index contributed by atoms with van der Waals surface area (Å²) in [4.78, 5) is 11.3. The molecule has 1 atom stereocenters.